The van der Waals surface area contributed by atoms with Crippen LogP contribution >= 0.6 is 0 Å². The van der Waals surface area contributed by atoms with Gasteiger partial charge < -0.3 is 15.5 Å². The molecule has 1 aromatic heterocycles. The van der Waals surface area contributed by atoms with E-state index in [1.54, 1.807) is 0 Å². The van der Waals surface area contributed by atoms with E-state index in [9.17, 15) is 4.79 Å². The van der Waals surface area contributed by atoms with Crippen molar-refractivity contribution in [3.05, 3.63) is 17.7 Å². The molecule has 2 atom stereocenters. The zero-order valence-electron chi connectivity index (χ0n) is 12.7. The van der Waals surface area contributed by atoms with E-state index in [0.29, 0.717) is 11.5 Å². The number of rotatable bonds is 5. The number of hydrazine groups is 1. The third-order valence-corrected chi connectivity index (χ3v) is 3.58. The molecular formula is C14H23N5O2. The summed E-state index contributed by atoms with van der Waals surface area (Å²) in [5.41, 5.74) is 3.15. The molecule has 1 fully saturated rings. The highest BCUT2D eigenvalue weighted by Gasteiger charge is 2.25. The van der Waals surface area contributed by atoms with Crippen molar-refractivity contribution in [2.24, 2.45) is 5.84 Å². The Morgan fingerprint density at radius 3 is 2.81 bits per heavy atom. The summed E-state index contributed by atoms with van der Waals surface area (Å²) in [5.74, 6) is 5.92. The van der Waals surface area contributed by atoms with Gasteiger partial charge >= 0.3 is 0 Å². The number of carbonyl (C=O) groups is 1. The first-order valence-electron chi connectivity index (χ1n) is 7.29. The quantitative estimate of drug-likeness (QED) is 0.556. The summed E-state index contributed by atoms with van der Waals surface area (Å²) in [5, 5.41) is 2.93. The number of carbonyl (C=O) groups excluding carboxylic acids is 1. The Balaban J connectivity index is 2.14. The van der Waals surface area contributed by atoms with Gasteiger partial charge in [-0.05, 0) is 19.8 Å². The number of amides is 1. The second-order valence-corrected chi connectivity index (χ2v) is 5.60. The predicted molar refractivity (Wildman–Crippen MR) is 79.8 cm³/mol. The number of aromatic nitrogens is 2. The van der Waals surface area contributed by atoms with E-state index in [-0.39, 0.29) is 29.7 Å². The topological polar surface area (TPSA) is 102 Å². The van der Waals surface area contributed by atoms with Gasteiger partial charge in [-0.25, -0.2) is 9.97 Å². The summed E-state index contributed by atoms with van der Waals surface area (Å²) in [6.07, 6.45) is 3.60. The monoisotopic (exact) mass is 293 g/mol. The van der Waals surface area contributed by atoms with Crippen LogP contribution in [0.4, 0.5) is 5.69 Å². The second kappa shape index (κ2) is 6.82. The van der Waals surface area contributed by atoms with E-state index < -0.39 is 0 Å². The van der Waals surface area contributed by atoms with Crippen LogP contribution in [0.3, 0.4) is 0 Å². The van der Waals surface area contributed by atoms with Gasteiger partial charge in [0.25, 0.3) is 5.91 Å². The molecule has 0 spiro atoms. The minimum Gasteiger partial charge on any atom is -0.376 e. The van der Waals surface area contributed by atoms with Gasteiger partial charge in [-0.15, -0.1) is 0 Å². The maximum atomic E-state index is 12.4. The van der Waals surface area contributed by atoms with Crippen molar-refractivity contribution in [2.75, 3.05) is 12.0 Å². The van der Waals surface area contributed by atoms with Gasteiger partial charge in [-0.1, -0.05) is 13.8 Å². The summed E-state index contributed by atoms with van der Waals surface area (Å²) in [6.45, 7) is 6.64. The molecule has 0 aromatic carbocycles. The SMILES string of the molecule is CC(C)c1ncc(NN)c(C(=O)NC(C)C2CCCO2)n1. The van der Waals surface area contributed by atoms with E-state index in [1.807, 2.05) is 20.8 Å². The first-order chi connectivity index (χ1) is 10.0. The van der Waals surface area contributed by atoms with Gasteiger partial charge in [0.2, 0.25) is 0 Å². The van der Waals surface area contributed by atoms with E-state index in [0.717, 1.165) is 19.4 Å². The lowest BCUT2D eigenvalue weighted by atomic mass is 10.1. The third kappa shape index (κ3) is 3.68. The van der Waals surface area contributed by atoms with E-state index in [4.69, 9.17) is 10.6 Å². The fraction of sp³-hybridized carbons (Fsp3) is 0.643. The number of anilines is 1. The molecule has 21 heavy (non-hydrogen) atoms. The molecule has 1 aliphatic rings. The molecule has 116 valence electrons. The van der Waals surface area contributed by atoms with Gasteiger partial charge in [0.15, 0.2) is 5.69 Å². The zero-order chi connectivity index (χ0) is 15.4. The van der Waals surface area contributed by atoms with Gasteiger partial charge in [-0.2, -0.15) is 0 Å². The average molecular weight is 293 g/mol. The Kier molecular flexibility index (Phi) is 5.08. The predicted octanol–water partition coefficient (Wildman–Crippen LogP) is 1.18. The summed E-state index contributed by atoms with van der Waals surface area (Å²) in [7, 11) is 0. The molecule has 0 radical (unpaired) electrons. The molecule has 2 rings (SSSR count). The Labute approximate surface area is 124 Å². The average Bonchev–Trinajstić information content (AvgIpc) is 3.00. The Bertz CT molecular complexity index is 500. The Hall–Kier alpha value is -1.73. The summed E-state index contributed by atoms with van der Waals surface area (Å²) < 4.78 is 5.58. The summed E-state index contributed by atoms with van der Waals surface area (Å²) in [4.78, 5) is 20.9. The highest BCUT2D eigenvalue weighted by atomic mass is 16.5. The largest absolute Gasteiger partial charge is 0.376 e. The maximum absolute atomic E-state index is 12.4. The van der Waals surface area contributed by atoms with Gasteiger partial charge in [0, 0.05) is 12.5 Å². The van der Waals surface area contributed by atoms with Crippen LogP contribution in [-0.2, 0) is 4.74 Å². The lowest BCUT2D eigenvalue weighted by Crippen LogP contribution is -2.41. The van der Waals surface area contributed by atoms with Crippen LogP contribution in [-0.4, -0.2) is 34.6 Å². The molecule has 1 amide bonds. The molecule has 7 nitrogen and oxygen atoms in total. The molecule has 7 heteroatoms. The second-order valence-electron chi connectivity index (χ2n) is 5.60. The molecule has 2 heterocycles. The normalized spacial score (nSPS) is 19.6. The molecule has 1 aromatic rings. The molecule has 2 unspecified atom stereocenters. The smallest absolute Gasteiger partial charge is 0.272 e. The summed E-state index contributed by atoms with van der Waals surface area (Å²) in [6, 6.07) is -0.0666. The van der Waals surface area contributed by atoms with E-state index in [2.05, 4.69) is 20.7 Å². The number of nitrogen functional groups attached to an aromatic ring is 1. The zero-order valence-corrected chi connectivity index (χ0v) is 12.7. The fourth-order valence-corrected chi connectivity index (χ4v) is 2.32. The standard InChI is InChI=1S/C14H23N5O2/c1-8(2)13-16-7-10(19-15)12(18-13)14(20)17-9(3)11-5-4-6-21-11/h7-9,11,19H,4-6,15H2,1-3H3,(H,17,20). The molecule has 1 saturated heterocycles. The number of nitrogens with zero attached hydrogens (tertiary/aromatic N) is 2. The van der Waals surface area contributed by atoms with Crippen molar-refractivity contribution < 1.29 is 9.53 Å². The van der Waals surface area contributed by atoms with Gasteiger partial charge in [-0.3, -0.25) is 10.6 Å². The highest BCUT2D eigenvalue weighted by molar-refractivity contribution is 5.97. The molecule has 4 N–H and O–H groups in total. The molecule has 1 aliphatic heterocycles. The van der Waals surface area contributed by atoms with Crippen LogP contribution < -0.4 is 16.6 Å². The number of nitrogens with one attached hydrogen (secondary N) is 2. The van der Waals surface area contributed by atoms with Crippen molar-refractivity contribution in [1.29, 1.82) is 0 Å². The van der Waals surface area contributed by atoms with Crippen LogP contribution in [0.1, 0.15) is 55.8 Å². The maximum Gasteiger partial charge on any atom is 0.272 e. The van der Waals surface area contributed by atoms with Crippen LogP contribution in [0, 0.1) is 0 Å². The summed E-state index contributed by atoms with van der Waals surface area (Å²) >= 11 is 0. The highest BCUT2D eigenvalue weighted by Crippen LogP contribution is 2.18. The van der Waals surface area contributed by atoms with E-state index in [1.165, 1.54) is 6.20 Å². The number of hydrogen-bond donors (Lipinski definition) is 3. The lowest BCUT2D eigenvalue weighted by Gasteiger charge is -2.20. The minimum absolute atomic E-state index is 0.0645. The van der Waals surface area contributed by atoms with Crippen LogP contribution in [0.5, 0.6) is 0 Å². The van der Waals surface area contributed by atoms with Crippen molar-refractivity contribution in [3.8, 4) is 0 Å². The van der Waals surface area contributed by atoms with Gasteiger partial charge in [0.05, 0.1) is 24.0 Å². The van der Waals surface area contributed by atoms with Crippen LogP contribution in [0.25, 0.3) is 0 Å². The van der Waals surface area contributed by atoms with Gasteiger partial charge in [0.1, 0.15) is 5.82 Å². The lowest BCUT2D eigenvalue weighted by molar-refractivity contribution is 0.0709. The van der Waals surface area contributed by atoms with Crippen LogP contribution in [0.15, 0.2) is 6.20 Å². The number of ether oxygens (including phenoxy) is 1. The fourth-order valence-electron chi connectivity index (χ4n) is 2.32. The number of hydrogen-bond acceptors (Lipinski definition) is 6. The van der Waals surface area contributed by atoms with Crippen molar-refractivity contribution in [2.45, 2.75) is 51.7 Å². The van der Waals surface area contributed by atoms with Crippen molar-refractivity contribution >= 4 is 11.6 Å². The Morgan fingerprint density at radius 2 is 2.24 bits per heavy atom. The molecular weight excluding hydrogens is 270 g/mol. The van der Waals surface area contributed by atoms with E-state index >= 15 is 0 Å². The van der Waals surface area contributed by atoms with Crippen LogP contribution in [0.2, 0.25) is 0 Å². The first-order valence-corrected chi connectivity index (χ1v) is 7.29. The third-order valence-electron chi connectivity index (χ3n) is 3.58. The van der Waals surface area contributed by atoms with Crippen molar-refractivity contribution in [1.82, 2.24) is 15.3 Å². The first kappa shape index (κ1) is 15.7. The van der Waals surface area contributed by atoms with Crippen molar-refractivity contribution in [3.63, 3.8) is 0 Å². The molecule has 0 bridgehead atoms. The molecule has 0 saturated carbocycles. The molecule has 0 aliphatic carbocycles. The minimum atomic E-state index is -0.268. The number of nitrogens with two attached hydrogens (primary N) is 1. The Morgan fingerprint density at radius 1 is 1.48 bits per heavy atom.